The highest BCUT2D eigenvalue weighted by atomic mass is 35.5. The number of carbonyl (C=O) groups is 1. The Morgan fingerprint density at radius 2 is 2.03 bits per heavy atom. The van der Waals surface area contributed by atoms with Crippen molar-refractivity contribution >= 4 is 29.7 Å². The Labute approximate surface area is 228 Å². The maximum Gasteiger partial charge on any atom is 0.251 e. The molecule has 0 radical (unpaired) electrons. The summed E-state index contributed by atoms with van der Waals surface area (Å²) in [5.41, 5.74) is 2.76. The number of nitrogens with one attached hydrogen (secondary N) is 2. The number of halogens is 1. The number of H-pyrrole nitrogens is 1. The Balaban J connectivity index is 1.37. The highest BCUT2D eigenvalue weighted by Gasteiger charge is 2.34. The van der Waals surface area contributed by atoms with E-state index in [-0.39, 0.29) is 18.1 Å². The Bertz CT molecular complexity index is 1420. The number of piperidine rings is 1. The molecule has 198 valence electrons. The van der Waals surface area contributed by atoms with Gasteiger partial charge in [-0.3, -0.25) is 14.9 Å². The summed E-state index contributed by atoms with van der Waals surface area (Å²) in [6, 6.07) is 11.4. The average molecular weight is 532 g/mol. The number of aromatic nitrogens is 3. The molecular formula is C30H34ClN5O2. The number of rotatable bonds is 8. The lowest BCUT2D eigenvalue weighted by molar-refractivity contribution is -0.117. The number of ether oxygens (including phenoxy) is 1. The summed E-state index contributed by atoms with van der Waals surface area (Å²) < 4.78 is 6.20. The molecule has 1 atom stereocenters. The topological polar surface area (TPSA) is 83.1 Å². The van der Waals surface area contributed by atoms with Crippen LogP contribution >= 0.6 is 11.6 Å². The number of hydrogen-bond donors (Lipinski definition) is 2. The Morgan fingerprint density at radius 1 is 1.24 bits per heavy atom. The maximum atomic E-state index is 13.2. The highest BCUT2D eigenvalue weighted by Crippen LogP contribution is 2.40. The van der Waals surface area contributed by atoms with Gasteiger partial charge in [-0.15, -0.1) is 0 Å². The molecule has 2 aliphatic rings. The summed E-state index contributed by atoms with van der Waals surface area (Å²) in [5.74, 6) is 0.863. The molecule has 7 nitrogen and oxygen atoms in total. The van der Waals surface area contributed by atoms with Crippen molar-refractivity contribution in [2.45, 2.75) is 44.8 Å². The summed E-state index contributed by atoms with van der Waals surface area (Å²) >= 11 is 6.65. The van der Waals surface area contributed by atoms with Crippen molar-refractivity contribution in [3.63, 3.8) is 0 Å². The Hall–Kier alpha value is -3.42. The zero-order chi connectivity index (χ0) is 26.6. The van der Waals surface area contributed by atoms with Crippen LogP contribution in [-0.4, -0.2) is 52.2 Å². The van der Waals surface area contributed by atoms with Crippen LogP contribution in [0.2, 0.25) is 5.02 Å². The van der Waals surface area contributed by atoms with E-state index in [0.29, 0.717) is 28.0 Å². The summed E-state index contributed by atoms with van der Waals surface area (Å²) in [6.07, 6.45) is 9.75. The SMILES string of the molecule is C=C(C=c1c(-c2ccc(OC3CCN(C)CC3)c(Cl)c2)n[nH]c1=CC)C(=O)NC(c1ccccn1)C1CC1. The van der Waals surface area contributed by atoms with Gasteiger partial charge in [0, 0.05) is 35.6 Å². The lowest BCUT2D eigenvalue weighted by Gasteiger charge is -2.29. The maximum absolute atomic E-state index is 13.2. The van der Waals surface area contributed by atoms with E-state index < -0.39 is 0 Å². The fourth-order valence-electron chi connectivity index (χ4n) is 4.87. The lowest BCUT2D eigenvalue weighted by atomic mass is 10.1. The minimum Gasteiger partial charge on any atom is -0.489 e. The minimum atomic E-state index is -0.221. The van der Waals surface area contributed by atoms with Gasteiger partial charge in [0.05, 0.1) is 27.8 Å². The minimum absolute atomic E-state index is 0.120. The molecule has 2 aromatic heterocycles. The molecule has 1 aliphatic heterocycles. The van der Waals surface area contributed by atoms with E-state index in [1.165, 1.54) is 0 Å². The van der Waals surface area contributed by atoms with Crippen molar-refractivity contribution in [2.24, 2.45) is 5.92 Å². The van der Waals surface area contributed by atoms with Gasteiger partial charge in [-0.1, -0.05) is 30.3 Å². The molecule has 3 heterocycles. The molecule has 1 saturated heterocycles. The lowest BCUT2D eigenvalue weighted by Crippen LogP contribution is -2.35. The molecule has 5 rings (SSSR count). The number of hydrogen-bond acceptors (Lipinski definition) is 5. The Morgan fingerprint density at radius 3 is 2.68 bits per heavy atom. The van der Waals surface area contributed by atoms with Gasteiger partial charge in [-0.25, -0.2) is 0 Å². The molecule has 2 N–H and O–H groups in total. The summed E-state index contributed by atoms with van der Waals surface area (Å²) in [6.45, 7) is 8.03. The summed E-state index contributed by atoms with van der Waals surface area (Å²) in [5, 5.41) is 12.9. The largest absolute Gasteiger partial charge is 0.489 e. The first-order valence-electron chi connectivity index (χ1n) is 13.2. The first-order chi connectivity index (χ1) is 18.4. The van der Waals surface area contributed by atoms with Gasteiger partial charge >= 0.3 is 0 Å². The van der Waals surface area contributed by atoms with Gasteiger partial charge in [0.15, 0.2) is 0 Å². The van der Waals surface area contributed by atoms with Crippen molar-refractivity contribution in [1.29, 1.82) is 0 Å². The van der Waals surface area contributed by atoms with E-state index in [4.69, 9.17) is 16.3 Å². The number of amides is 1. The third kappa shape index (κ3) is 6.00. The van der Waals surface area contributed by atoms with Crippen LogP contribution in [0.1, 0.15) is 44.3 Å². The number of benzene rings is 1. The van der Waals surface area contributed by atoms with Gasteiger partial charge < -0.3 is 15.0 Å². The zero-order valence-corrected chi connectivity index (χ0v) is 22.7. The monoisotopic (exact) mass is 531 g/mol. The van der Waals surface area contributed by atoms with Crippen LogP contribution in [0.25, 0.3) is 23.4 Å². The molecule has 0 spiro atoms. The number of carbonyl (C=O) groups excluding carboxylic acids is 1. The van der Waals surface area contributed by atoms with Crippen molar-refractivity contribution in [3.8, 4) is 17.0 Å². The summed E-state index contributed by atoms with van der Waals surface area (Å²) in [7, 11) is 2.13. The van der Waals surface area contributed by atoms with Crippen LogP contribution < -0.4 is 20.6 Å². The highest BCUT2D eigenvalue weighted by molar-refractivity contribution is 6.32. The molecular weight excluding hydrogens is 498 g/mol. The molecule has 1 amide bonds. The van der Waals surface area contributed by atoms with Crippen LogP contribution in [0, 0.1) is 5.92 Å². The van der Waals surface area contributed by atoms with Crippen molar-refractivity contribution in [1.82, 2.24) is 25.4 Å². The molecule has 38 heavy (non-hydrogen) atoms. The standard InChI is InChI=1S/C30H34ClN5O2/c1-4-25-23(17-19(2)30(37)33-29(20-8-9-20)26-7-5-6-14-32-26)28(35-34-25)21-10-11-27(24(31)18-21)38-22-12-15-36(3)16-13-22/h4-7,10-11,14,17-18,20,22,29,34H,2,8-9,12-13,15-16H2,1,3H3,(H,33,37). The predicted molar refractivity (Wildman–Crippen MR) is 151 cm³/mol. The molecule has 1 aromatic carbocycles. The van der Waals surface area contributed by atoms with Crippen LogP contribution in [0.3, 0.4) is 0 Å². The fourth-order valence-corrected chi connectivity index (χ4v) is 5.10. The van der Waals surface area contributed by atoms with Crippen molar-refractivity contribution in [3.05, 3.63) is 76.0 Å². The van der Waals surface area contributed by atoms with E-state index in [1.54, 1.807) is 12.3 Å². The van der Waals surface area contributed by atoms with E-state index in [9.17, 15) is 4.79 Å². The van der Waals surface area contributed by atoms with Crippen LogP contribution in [0.15, 0.2) is 54.7 Å². The second-order valence-corrected chi connectivity index (χ2v) is 10.6. The predicted octanol–water partition coefficient (Wildman–Crippen LogP) is 4.00. The van der Waals surface area contributed by atoms with Crippen LogP contribution in [0.5, 0.6) is 5.75 Å². The van der Waals surface area contributed by atoms with Gasteiger partial charge in [0.25, 0.3) is 5.91 Å². The normalized spacial score (nSPS) is 18.4. The quantitative estimate of drug-likeness (QED) is 0.429. The van der Waals surface area contributed by atoms with Crippen LogP contribution in [0.4, 0.5) is 0 Å². The first-order valence-corrected chi connectivity index (χ1v) is 13.6. The Kier molecular flexibility index (Phi) is 7.95. The average Bonchev–Trinajstić information content (AvgIpc) is 3.69. The van der Waals surface area contributed by atoms with E-state index >= 15 is 0 Å². The second-order valence-electron chi connectivity index (χ2n) is 10.2. The molecule has 1 unspecified atom stereocenters. The van der Waals surface area contributed by atoms with Crippen molar-refractivity contribution < 1.29 is 9.53 Å². The van der Waals surface area contributed by atoms with Gasteiger partial charge in [0.1, 0.15) is 11.9 Å². The molecule has 2 fully saturated rings. The number of likely N-dealkylation sites (tertiary alicyclic amines) is 1. The fraction of sp³-hybridized carbons (Fsp3) is 0.367. The smallest absolute Gasteiger partial charge is 0.251 e. The van der Waals surface area contributed by atoms with Gasteiger partial charge in [0.2, 0.25) is 0 Å². The molecule has 8 heteroatoms. The van der Waals surface area contributed by atoms with E-state index in [1.807, 2.05) is 49.4 Å². The van der Waals surface area contributed by atoms with Gasteiger partial charge in [-0.05, 0) is 82.0 Å². The zero-order valence-electron chi connectivity index (χ0n) is 21.9. The molecule has 1 saturated carbocycles. The number of aromatic amines is 1. The second kappa shape index (κ2) is 11.5. The third-order valence-electron chi connectivity index (χ3n) is 7.28. The summed E-state index contributed by atoms with van der Waals surface area (Å²) in [4.78, 5) is 20.0. The van der Waals surface area contributed by atoms with Crippen LogP contribution in [-0.2, 0) is 4.79 Å². The van der Waals surface area contributed by atoms with E-state index in [0.717, 1.165) is 60.6 Å². The van der Waals surface area contributed by atoms with E-state index in [2.05, 4.69) is 39.0 Å². The third-order valence-corrected chi connectivity index (χ3v) is 7.58. The van der Waals surface area contributed by atoms with Gasteiger partial charge in [-0.2, -0.15) is 5.10 Å². The molecule has 3 aromatic rings. The number of nitrogens with zero attached hydrogens (tertiary/aromatic N) is 3. The van der Waals surface area contributed by atoms with Crippen molar-refractivity contribution in [2.75, 3.05) is 20.1 Å². The molecule has 1 aliphatic carbocycles. The first kappa shape index (κ1) is 26.2. The number of pyridine rings is 1. The molecule has 0 bridgehead atoms.